The molecule has 1 fully saturated rings. The quantitative estimate of drug-likeness (QED) is 0.388. The van der Waals surface area contributed by atoms with Crippen LogP contribution < -0.4 is 15.4 Å². The van der Waals surface area contributed by atoms with Gasteiger partial charge in [0, 0.05) is 49.5 Å². The Bertz CT molecular complexity index is 1460. The molecule has 0 aliphatic carbocycles. The van der Waals surface area contributed by atoms with Gasteiger partial charge in [0.1, 0.15) is 28.5 Å². The van der Waals surface area contributed by atoms with Crippen LogP contribution in [-0.4, -0.2) is 63.7 Å². The molecule has 2 aliphatic rings. The van der Waals surface area contributed by atoms with E-state index in [1.807, 2.05) is 53.6 Å². The van der Waals surface area contributed by atoms with Crippen LogP contribution in [0.25, 0.3) is 10.9 Å². The maximum Gasteiger partial charge on any atom is 0.408 e. The highest BCUT2D eigenvalue weighted by Gasteiger charge is 2.42. The van der Waals surface area contributed by atoms with E-state index in [4.69, 9.17) is 9.47 Å². The van der Waals surface area contributed by atoms with Crippen molar-refractivity contribution < 1.29 is 23.9 Å². The Labute approximate surface area is 247 Å². The van der Waals surface area contributed by atoms with Gasteiger partial charge >= 0.3 is 6.09 Å². The zero-order valence-corrected chi connectivity index (χ0v) is 25.2. The van der Waals surface area contributed by atoms with E-state index in [2.05, 4.69) is 21.7 Å². The van der Waals surface area contributed by atoms with Crippen molar-refractivity contribution in [1.82, 2.24) is 20.5 Å². The monoisotopic (exact) mass is 574 g/mol. The van der Waals surface area contributed by atoms with Gasteiger partial charge in [-0.05, 0) is 70.7 Å². The van der Waals surface area contributed by atoms with Crippen molar-refractivity contribution in [2.24, 2.45) is 0 Å². The van der Waals surface area contributed by atoms with E-state index in [0.29, 0.717) is 19.5 Å². The van der Waals surface area contributed by atoms with Crippen LogP contribution in [0.1, 0.15) is 65.0 Å². The van der Waals surface area contributed by atoms with Crippen molar-refractivity contribution in [2.45, 2.75) is 89.5 Å². The molecule has 5 rings (SSSR count). The molecule has 0 radical (unpaired) electrons. The summed E-state index contributed by atoms with van der Waals surface area (Å²) in [4.78, 5) is 45.2. The molecule has 1 aromatic heterocycles. The number of nitrogens with one attached hydrogen (secondary N) is 3. The van der Waals surface area contributed by atoms with Crippen LogP contribution in [0.2, 0.25) is 0 Å². The molecule has 1 saturated heterocycles. The Hall–Kier alpha value is -4.01. The second-order valence-electron chi connectivity index (χ2n) is 13.1. The van der Waals surface area contributed by atoms with Crippen LogP contribution in [0, 0.1) is 0 Å². The van der Waals surface area contributed by atoms with Crippen molar-refractivity contribution in [3.05, 3.63) is 65.9 Å². The average molecular weight is 575 g/mol. The maximum absolute atomic E-state index is 14.1. The molecule has 2 aromatic carbocycles. The number of benzene rings is 2. The molecular weight excluding hydrogens is 532 g/mol. The van der Waals surface area contributed by atoms with E-state index in [1.54, 1.807) is 34.6 Å². The minimum absolute atomic E-state index is 0.146. The Balaban J connectivity index is 1.31. The molecule has 3 amide bonds. The van der Waals surface area contributed by atoms with Crippen LogP contribution in [-0.2, 0) is 27.2 Å². The van der Waals surface area contributed by atoms with E-state index in [0.717, 1.165) is 47.9 Å². The van der Waals surface area contributed by atoms with Crippen LogP contribution >= 0.6 is 0 Å². The fourth-order valence-corrected chi connectivity index (χ4v) is 5.84. The second-order valence-corrected chi connectivity index (χ2v) is 13.1. The molecule has 42 heavy (non-hydrogen) atoms. The summed E-state index contributed by atoms with van der Waals surface area (Å²) in [5.41, 5.74) is 0.830. The number of carbonyl (C=O) groups excluding carboxylic acids is 3. The Kier molecular flexibility index (Phi) is 7.96. The SMILES string of the molecule is CC(C)(C)OC(=O)NC(C)(C)C(=O)NC(Cc1c[nH]c2ccccc12)C(=O)N1CCC2(CCc3ccccc3O2)CC1. The zero-order chi connectivity index (χ0) is 30.1. The Morgan fingerprint density at radius 2 is 1.69 bits per heavy atom. The first-order valence-corrected chi connectivity index (χ1v) is 14.8. The lowest BCUT2D eigenvalue weighted by atomic mass is 9.83. The third-order valence-corrected chi connectivity index (χ3v) is 8.22. The van der Waals surface area contributed by atoms with E-state index in [-0.39, 0.29) is 11.5 Å². The van der Waals surface area contributed by atoms with Gasteiger partial charge in [-0.2, -0.15) is 0 Å². The van der Waals surface area contributed by atoms with Gasteiger partial charge in [-0.15, -0.1) is 0 Å². The average Bonchev–Trinajstić information content (AvgIpc) is 3.34. The van der Waals surface area contributed by atoms with Crippen LogP contribution in [0.5, 0.6) is 5.75 Å². The number of ether oxygens (including phenoxy) is 2. The largest absolute Gasteiger partial charge is 0.487 e. The van der Waals surface area contributed by atoms with Gasteiger partial charge in [-0.25, -0.2) is 4.79 Å². The summed E-state index contributed by atoms with van der Waals surface area (Å²) in [5, 5.41) is 6.62. The minimum atomic E-state index is -1.31. The second kappa shape index (κ2) is 11.3. The first-order chi connectivity index (χ1) is 19.8. The van der Waals surface area contributed by atoms with Gasteiger partial charge in [-0.3, -0.25) is 9.59 Å². The van der Waals surface area contributed by atoms with Crippen LogP contribution in [0.15, 0.2) is 54.7 Å². The highest BCUT2D eigenvalue weighted by molar-refractivity contribution is 5.94. The first kappa shape index (κ1) is 29.5. The highest BCUT2D eigenvalue weighted by atomic mass is 16.6. The fourth-order valence-electron chi connectivity index (χ4n) is 5.84. The molecular formula is C33H42N4O5. The molecule has 224 valence electrons. The molecule has 0 saturated carbocycles. The number of hydrogen-bond donors (Lipinski definition) is 3. The number of carbonyl (C=O) groups is 3. The summed E-state index contributed by atoms with van der Waals surface area (Å²) in [6, 6.07) is 15.2. The van der Waals surface area contributed by atoms with E-state index in [9.17, 15) is 14.4 Å². The zero-order valence-electron chi connectivity index (χ0n) is 25.2. The smallest absolute Gasteiger partial charge is 0.408 e. The summed E-state index contributed by atoms with van der Waals surface area (Å²) < 4.78 is 11.9. The van der Waals surface area contributed by atoms with E-state index < -0.39 is 29.2 Å². The molecule has 0 bridgehead atoms. The number of aryl methyl sites for hydroxylation is 1. The standard InChI is InChI=1S/C33H42N4O5/c1-31(2,3)42-30(40)36-32(4,5)29(39)35-26(20-23-21-34-25-12-8-7-11-24(23)25)28(38)37-18-16-33(17-19-37)15-14-22-10-6-9-13-27(22)41-33/h6-13,21,26,34H,14-20H2,1-5H3,(H,35,39)(H,36,40). The van der Waals surface area contributed by atoms with Gasteiger partial charge < -0.3 is 30.0 Å². The lowest BCUT2D eigenvalue weighted by molar-refractivity contribution is -0.140. The number of para-hydroxylation sites is 2. The van der Waals surface area contributed by atoms with Crippen molar-refractivity contribution in [1.29, 1.82) is 0 Å². The molecule has 3 aromatic rings. The molecule has 3 N–H and O–H groups in total. The van der Waals surface area contributed by atoms with Gasteiger partial charge in [0.2, 0.25) is 11.8 Å². The number of alkyl carbamates (subject to hydrolysis) is 1. The number of rotatable bonds is 6. The predicted molar refractivity (Wildman–Crippen MR) is 161 cm³/mol. The Morgan fingerprint density at radius 3 is 2.43 bits per heavy atom. The van der Waals surface area contributed by atoms with Crippen molar-refractivity contribution in [3.63, 3.8) is 0 Å². The number of hydrogen-bond acceptors (Lipinski definition) is 5. The number of amides is 3. The Morgan fingerprint density at radius 1 is 1.00 bits per heavy atom. The topological polar surface area (TPSA) is 113 Å². The fraction of sp³-hybridized carbons (Fsp3) is 0.485. The summed E-state index contributed by atoms with van der Waals surface area (Å²) >= 11 is 0. The number of fused-ring (bicyclic) bond motifs is 2. The third-order valence-electron chi connectivity index (χ3n) is 8.22. The molecule has 1 unspecified atom stereocenters. The lowest BCUT2D eigenvalue weighted by Crippen LogP contribution is -2.61. The highest BCUT2D eigenvalue weighted by Crippen LogP contribution is 2.39. The predicted octanol–water partition coefficient (Wildman–Crippen LogP) is 4.88. The van der Waals surface area contributed by atoms with Gasteiger partial charge in [0.25, 0.3) is 0 Å². The summed E-state index contributed by atoms with van der Waals surface area (Å²) in [6.07, 6.45) is 4.84. The molecule has 2 aliphatic heterocycles. The summed E-state index contributed by atoms with van der Waals surface area (Å²) in [6.45, 7) is 9.56. The summed E-state index contributed by atoms with van der Waals surface area (Å²) in [5.74, 6) is 0.327. The number of likely N-dealkylation sites (tertiary alicyclic amines) is 1. The molecule has 9 heteroatoms. The number of aromatic amines is 1. The first-order valence-electron chi connectivity index (χ1n) is 14.8. The molecule has 3 heterocycles. The van der Waals surface area contributed by atoms with Gasteiger partial charge in [-0.1, -0.05) is 36.4 Å². The van der Waals surface area contributed by atoms with Crippen molar-refractivity contribution in [2.75, 3.05) is 13.1 Å². The van der Waals surface area contributed by atoms with Crippen molar-refractivity contribution in [3.8, 4) is 5.75 Å². The summed E-state index contributed by atoms with van der Waals surface area (Å²) in [7, 11) is 0. The normalized spacial score (nSPS) is 17.2. The van der Waals surface area contributed by atoms with Crippen molar-refractivity contribution >= 4 is 28.8 Å². The van der Waals surface area contributed by atoms with E-state index >= 15 is 0 Å². The number of H-pyrrole nitrogens is 1. The van der Waals surface area contributed by atoms with Crippen LogP contribution in [0.4, 0.5) is 4.79 Å². The lowest BCUT2D eigenvalue weighted by Gasteiger charge is -2.45. The molecule has 9 nitrogen and oxygen atoms in total. The van der Waals surface area contributed by atoms with E-state index in [1.165, 1.54) is 5.56 Å². The maximum atomic E-state index is 14.1. The van der Waals surface area contributed by atoms with Gasteiger partial charge in [0.05, 0.1) is 0 Å². The minimum Gasteiger partial charge on any atom is -0.487 e. The molecule has 1 spiro atoms. The third kappa shape index (κ3) is 6.55. The number of nitrogens with zero attached hydrogens (tertiary/aromatic N) is 1. The number of aromatic nitrogens is 1. The van der Waals surface area contributed by atoms with Gasteiger partial charge in [0.15, 0.2) is 0 Å². The van der Waals surface area contributed by atoms with Crippen LogP contribution in [0.3, 0.4) is 0 Å². The molecule has 1 atom stereocenters. The number of piperidine rings is 1.